The molecule has 0 amide bonds. The molecule has 0 spiro atoms. The first-order chi connectivity index (χ1) is 11.3. The van der Waals surface area contributed by atoms with Gasteiger partial charge in [-0.15, -0.1) is 0 Å². The van der Waals surface area contributed by atoms with Gasteiger partial charge >= 0.3 is 0 Å². The maximum atomic E-state index is 6.20. The summed E-state index contributed by atoms with van der Waals surface area (Å²) in [5.41, 5.74) is 3.24. The second-order valence-corrected chi connectivity index (χ2v) is 8.34. The molecule has 0 N–H and O–H groups in total. The van der Waals surface area contributed by atoms with E-state index in [1.54, 1.807) is 7.11 Å². The van der Waals surface area contributed by atoms with Crippen molar-refractivity contribution in [2.24, 2.45) is 0 Å². The van der Waals surface area contributed by atoms with Gasteiger partial charge in [-0.1, -0.05) is 64.3 Å². The predicted molar refractivity (Wildman–Crippen MR) is 99.1 cm³/mol. The molecule has 0 bridgehead atoms. The molecule has 0 saturated heterocycles. The molecule has 2 atom stereocenters. The van der Waals surface area contributed by atoms with Crippen LogP contribution in [-0.2, 0) is 9.47 Å². The van der Waals surface area contributed by atoms with E-state index in [0.29, 0.717) is 0 Å². The van der Waals surface area contributed by atoms with Gasteiger partial charge in [-0.2, -0.15) is 0 Å². The lowest BCUT2D eigenvalue weighted by atomic mass is 9.92. The minimum atomic E-state index is -0.233. The van der Waals surface area contributed by atoms with Crippen LogP contribution in [0.15, 0.2) is 48.2 Å². The van der Waals surface area contributed by atoms with Crippen molar-refractivity contribution in [2.75, 3.05) is 14.2 Å². The molecular formula is C20H27O2P. The number of hydrogen-bond donors (Lipinski definition) is 0. The molecule has 2 aliphatic rings. The molecule has 1 saturated carbocycles. The lowest BCUT2D eigenvalue weighted by Gasteiger charge is -2.40. The summed E-state index contributed by atoms with van der Waals surface area (Å²) in [6.07, 6.45) is 12.1. The number of ether oxygens (including phenoxy) is 2. The van der Waals surface area contributed by atoms with Crippen LogP contribution in [0.3, 0.4) is 0 Å². The topological polar surface area (TPSA) is 18.5 Å². The fraction of sp³-hybridized carbons (Fsp3) is 0.500. The lowest BCUT2D eigenvalue weighted by Crippen LogP contribution is -2.33. The molecule has 1 fully saturated rings. The van der Waals surface area contributed by atoms with E-state index in [1.807, 2.05) is 7.11 Å². The van der Waals surface area contributed by atoms with Crippen LogP contribution in [0.1, 0.15) is 44.1 Å². The van der Waals surface area contributed by atoms with E-state index in [0.717, 1.165) is 26.4 Å². The second-order valence-electron chi connectivity index (χ2n) is 6.43. The molecule has 1 aromatic rings. The first-order valence-electron chi connectivity index (χ1n) is 8.62. The SMILES string of the molecule is COC1=C(c2ccccc2)C(OC)(PC2CCCCC2)CC=C1. The van der Waals surface area contributed by atoms with Gasteiger partial charge in [0.05, 0.1) is 7.11 Å². The van der Waals surface area contributed by atoms with Crippen LogP contribution < -0.4 is 0 Å². The molecule has 1 aromatic carbocycles. The van der Waals surface area contributed by atoms with Crippen molar-refractivity contribution in [2.45, 2.75) is 49.5 Å². The van der Waals surface area contributed by atoms with E-state index >= 15 is 0 Å². The van der Waals surface area contributed by atoms with E-state index in [-0.39, 0.29) is 5.34 Å². The first kappa shape index (κ1) is 16.7. The number of benzene rings is 1. The van der Waals surface area contributed by atoms with Crippen molar-refractivity contribution in [3.63, 3.8) is 0 Å². The van der Waals surface area contributed by atoms with Crippen LogP contribution >= 0.6 is 8.58 Å². The summed E-state index contributed by atoms with van der Waals surface area (Å²) in [5.74, 6) is 0.951. The van der Waals surface area contributed by atoms with Gasteiger partial charge in [0.15, 0.2) is 0 Å². The maximum Gasteiger partial charge on any atom is 0.125 e. The first-order valence-corrected chi connectivity index (χ1v) is 9.70. The molecule has 3 heteroatoms. The molecule has 2 unspecified atom stereocenters. The van der Waals surface area contributed by atoms with Crippen LogP contribution in [0, 0.1) is 0 Å². The summed E-state index contributed by atoms with van der Waals surface area (Å²) in [4.78, 5) is 0. The Morgan fingerprint density at radius 2 is 1.78 bits per heavy atom. The Morgan fingerprint density at radius 1 is 1.04 bits per heavy atom. The van der Waals surface area contributed by atoms with Crippen LogP contribution in [0.25, 0.3) is 5.57 Å². The molecule has 0 heterocycles. The van der Waals surface area contributed by atoms with Gasteiger partial charge in [0.25, 0.3) is 0 Å². The monoisotopic (exact) mass is 330 g/mol. The van der Waals surface area contributed by atoms with Gasteiger partial charge in [-0.25, -0.2) is 0 Å². The van der Waals surface area contributed by atoms with Gasteiger partial charge in [0, 0.05) is 19.1 Å². The minimum absolute atomic E-state index is 0.233. The molecule has 0 aromatic heterocycles. The van der Waals surface area contributed by atoms with Crippen molar-refractivity contribution in [3.8, 4) is 0 Å². The van der Waals surface area contributed by atoms with Crippen LogP contribution in [-0.4, -0.2) is 25.2 Å². The van der Waals surface area contributed by atoms with Crippen LogP contribution in [0.4, 0.5) is 0 Å². The lowest BCUT2D eigenvalue weighted by molar-refractivity contribution is 0.112. The van der Waals surface area contributed by atoms with Crippen molar-refractivity contribution >= 4 is 14.2 Å². The van der Waals surface area contributed by atoms with Gasteiger partial charge < -0.3 is 9.47 Å². The summed E-state index contributed by atoms with van der Waals surface area (Å²) >= 11 is 0. The van der Waals surface area contributed by atoms with Crippen molar-refractivity contribution in [3.05, 3.63) is 53.8 Å². The van der Waals surface area contributed by atoms with Gasteiger partial charge in [0.1, 0.15) is 11.1 Å². The number of hydrogen-bond acceptors (Lipinski definition) is 2. The van der Waals surface area contributed by atoms with Crippen LogP contribution in [0.5, 0.6) is 0 Å². The third-order valence-electron chi connectivity index (χ3n) is 5.00. The van der Waals surface area contributed by atoms with Gasteiger partial charge in [-0.05, 0) is 30.1 Å². The summed E-state index contributed by atoms with van der Waals surface area (Å²) in [7, 11) is 4.41. The second kappa shape index (κ2) is 7.64. The van der Waals surface area contributed by atoms with Crippen molar-refractivity contribution in [1.82, 2.24) is 0 Å². The Hall–Kier alpha value is -1.11. The fourth-order valence-corrected chi connectivity index (χ4v) is 5.94. The summed E-state index contributed by atoms with van der Waals surface area (Å²) in [6.45, 7) is 0. The zero-order chi connectivity index (χ0) is 16.1. The number of rotatable bonds is 5. The smallest absolute Gasteiger partial charge is 0.125 e. The third kappa shape index (κ3) is 3.54. The Morgan fingerprint density at radius 3 is 2.43 bits per heavy atom. The van der Waals surface area contributed by atoms with Gasteiger partial charge in [0.2, 0.25) is 0 Å². The molecule has 2 aliphatic carbocycles. The maximum absolute atomic E-state index is 6.20. The fourth-order valence-electron chi connectivity index (χ4n) is 3.82. The highest BCUT2D eigenvalue weighted by atomic mass is 31.1. The summed E-state index contributed by atoms with van der Waals surface area (Å²) < 4.78 is 11.9. The standard InChI is InChI=1S/C20H27O2P/c1-21-18-14-9-15-20(22-2,23-17-12-7-4-8-13-17)19(18)16-10-5-3-6-11-16/h3,5-6,9-11,14,17,23H,4,7-8,12-13,15H2,1-2H3. The Bertz CT molecular complexity index is 573. The highest BCUT2D eigenvalue weighted by molar-refractivity contribution is 7.41. The zero-order valence-corrected chi connectivity index (χ0v) is 15.2. The van der Waals surface area contributed by atoms with Crippen molar-refractivity contribution in [1.29, 1.82) is 0 Å². The Labute approximate surface area is 141 Å². The minimum Gasteiger partial charge on any atom is -0.496 e. The molecule has 23 heavy (non-hydrogen) atoms. The molecule has 0 radical (unpaired) electrons. The molecular weight excluding hydrogens is 303 g/mol. The Kier molecular flexibility index (Phi) is 5.56. The number of allylic oxidation sites excluding steroid dienone is 1. The van der Waals surface area contributed by atoms with E-state index in [4.69, 9.17) is 9.47 Å². The zero-order valence-electron chi connectivity index (χ0n) is 14.2. The van der Waals surface area contributed by atoms with E-state index < -0.39 is 0 Å². The van der Waals surface area contributed by atoms with Gasteiger partial charge in [-0.3, -0.25) is 0 Å². The molecule has 3 rings (SSSR count). The third-order valence-corrected chi connectivity index (χ3v) is 7.11. The quantitative estimate of drug-likeness (QED) is 0.677. The van der Waals surface area contributed by atoms with Crippen molar-refractivity contribution < 1.29 is 9.47 Å². The molecule has 2 nitrogen and oxygen atoms in total. The van der Waals surface area contributed by atoms with E-state index in [2.05, 4.69) is 42.5 Å². The normalized spacial score (nSPS) is 26.2. The largest absolute Gasteiger partial charge is 0.496 e. The summed E-state index contributed by atoms with van der Waals surface area (Å²) in [5, 5.41) is -0.233. The van der Waals surface area contributed by atoms with E-state index in [1.165, 1.54) is 43.2 Å². The average Bonchev–Trinajstić information content (AvgIpc) is 2.63. The molecule has 124 valence electrons. The highest BCUT2D eigenvalue weighted by Crippen LogP contribution is 2.54. The molecule has 0 aliphatic heterocycles. The number of methoxy groups -OCH3 is 2. The summed E-state index contributed by atoms with van der Waals surface area (Å²) in [6, 6.07) is 10.6. The van der Waals surface area contributed by atoms with Crippen LogP contribution in [0.2, 0.25) is 0 Å². The van der Waals surface area contributed by atoms with E-state index in [9.17, 15) is 0 Å². The highest BCUT2D eigenvalue weighted by Gasteiger charge is 2.40. The predicted octanol–water partition coefficient (Wildman–Crippen LogP) is 5.36. The Balaban J connectivity index is 1.99. The average molecular weight is 330 g/mol.